The van der Waals surface area contributed by atoms with Crippen molar-refractivity contribution >= 4 is 52.7 Å². The molecule has 0 spiro atoms. The van der Waals surface area contributed by atoms with E-state index in [4.69, 9.17) is 21.7 Å². The molecule has 1 saturated heterocycles. The van der Waals surface area contributed by atoms with Crippen LogP contribution in [0.3, 0.4) is 0 Å². The van der Waals surface area contributed by atoms with Crippen LogP contribution in [0, 0.1) is 10.1 Å². The Morgan fingerprint density at radius 2 is 1.46 bits per heavy atom. The Bertz CT molecular complexity index is 1930. The maximum atomic E-state index is 13.7. The van der Waals surface area contributed by atoms with Crippen LogP contribution in [0.5, 0.6) is 0 Å². The minimum absolute atomic E-state index is 0.0271. The Morgan fingerprint density at radius 1 is 0.865 bits per heavy atom. The third kappa shape index (κ3) is 9.45. The van der Waals surface area contributed by atoms with E-state index in [9.17, 15) is 29.3 Å². The maximum Gasteiger partial charge on any atom is 0.408 e. The molecule has 4 aromatic rings. The second-order valence-corrected chi connectivity index (χ2v) is 12.3. The van der Waals surface area contributed by atoms with Crippen molar-refractivity contribution in [3.8, 4) is 0 Å². The topological polar surface area (TPSA) is 181 Å². The number of hydrogen-bond donors (Lipinski definition) is 4. The summed E-state index contributed by atoms with van der Waals surface area (Å²) in [7, 11) is 0. The fraction of sp³-hybridized carbons (Fsp3) is 0.216. The largest absolute Gasteiger partial charge is 0.459 e. The second-order valence-electron chi connectivity index (χ2n) is 11.9. The van der Waals surface area contributed by atoms with E-state index in [-0.39, 0.29) is 49.2 Å². The molecule has 0 radical (unpaired) electrons. The van der Waals surface area contributed by atoms with E-state index < -0.39 is 40.5 Å². The lowest BCUT2D eigenvalue weighted by molar-refractivity contribution is -0.383. The van der Waals surface area contributed by atoms with Crippen LogP contribution >= 0.6 is 12.2 Å². The number of rotatable bonds is 14. The summed E-state index contributed by atoms with van der Waals surface area (Å²) >= 11 is 5.30. The lowest BCUT2D eigenvalue weighted by atomic mass is 9.91. The van der Waals surface area contributed by atoms with Gasteiger partial charge in [0.2, 0.25) is 0 Å². The second kappa shape index (κ2) is 17.0. The number of anilines is 1. The van der Waals surface area contributed by atoms with Gasteiger partial charge in [-0.1, -0.05) is 97.1 Å². The minimum atomic E-state index is -1.41. The number of nitro benzene ring substituents is 1. The summed E-state index contributed by atoms with van der Waals surface area (Å²) in [6.45, 7) is 1.59. The van der Waals surface area contributed by atoms with Gasteiger partial charge in [0.25, 0.3) is 11.6 Å². The predicted molar refractivity (Wildman–Crippen MR) is 195 cm³/mol. The van der Waals surface area contributed by atoms with Crippen LogP contribution < -0.4 is 21.3 Å². The molecule has 14 nitrogen and oxygen atoms in total. The summed E-state index contributed by atoms with van der Waals surface area (Å²) in [5.41, 5.74) is 1.53. The summed E-state index contributed by atoms with van der Waals surface area (Å²) in [5.74, 6) is -1.29. The molecule has 0 aromatic heterocycles. The molecule has 268 valence electrons. The van der Waals surface area contributed by atoms with Crippen LogP contribution in [-0.2, 0) is 44.4 Å². The average Bonchev–Trinajstić information content (AvgIpc) is 3.38. The highest BCUT2D eigenvalue weighted by Gasteiger charge is 2.49. The number of hydrogen-bond acceptors (Lipinski definition) is 9. The zero-order valence-electron chi connectivity index (χ0n) is 28.1. The first kappa shape index (κ1) is 36.9. The number of alkyl carbamates (subject to hydrolysis) is 1. The van der Waals surface area contributed by atoms with Gasteiger partial charge < -0.3 is 30.7 Å². The van der Waals surface area contributed by atoms with Crippen molar-refractivity contribution in [1.29, 1.82) is 0 Å². The van der Waals surface area contributed by atoms with E-state index >= 15 is 0 Å². The molecule has 4 amide bonds. The van der Waals surface area contributed by atoms with E-state index in [2.05, 4.69) is 21.3 Å². The molecule has 4 N–H and O–H groups in total. The monoisotopic (exact) mass is 724 g/mol. The summed E-state index contributed by atoms with van der Waals surface area (Å²) in [5, 5.41) is 22.6. The van der Waals surface area contributed by atoms with Crippen molar-refractivity contribution in [3.63, 3.8) is 0 Å². The number of nitrogens with zero attached hydrogens (tertiary/aromatic N) is 2. The Labute approximate surface area is 304 Å². The van der Waals surface area contributed by atoms with Crippen molar-refractivity contribution < 1.29 is 33.6 Å². The fourth-order valence-corrected chi connectivity index (χ4v) is 5.56. The summed E-state index contributed by atoms with van der Waals surface area (Å²) < 4.78 is 10.8. The quantitative estimate of drug-likeness (QED) is 0.0437. The highest BCUT2D eigenvalue weighted by molar-refractivity contribution is 7.80. The van der Waals surface area contributed by atoms with Gasteiger partial charge in [0, 0.05) is 19.2 Å². The summed E-state index contributed by atoms with van der Waals surface area (Å²) in [6, 6.07) is 29.2. The van der Waals surface area contributed by atoms with Crippen LogP contribution in [0.2, 0.25) is 0 Å². The zero-order chi connectivity index (χ0) is 37.1. The molecule has 1 fully saturated rings. The van der Waals surface area contributed by atoms with Gasteiger partial charge >= 0.3 is 18.1 Å². The van der Waals surface area contributed by atoms with Crippen LogP contribution in [-0.4, -0.2) is 51.5 Å². The van der Waals surface area contributed by atoms with E-state index in [0.717, 1.165) is 21.6 Å². The van der Waals surface area contributed by atoms with Crippen molar-refractivity contribution in [2.75, 3.05) is 11.9 Å². The Kier molecular flexibility index (Phi) is 12.1. The number of urea groups is 1. The van der Waals surface area contributed by atoms with Gasteiger partial charge in [0.05, 0.1) is 4.92 Å². The van der Waals surface area contributed by atoms with Gasteiger partial charge in [-0.25, -0.2) is 14.4 Å². The first-order valence-corrected chi connectivity index (χ1v) is 16.6. The number of thiocarbonyl (C=S) groups is 1. The smallest absolute Gasteiger partial charge is 0.408 e. The SMILES string of the molecule is CC1(c2ccc(CNC(=S)Nc3ccccc3[N+](=O)[O-])cc2)NC(=O)N(CCC(NC(=O)OCc2ccccc2)C(=O)OCc2ccccc2)C1=O. The van der Waals surface area contributed by atoms with Crippen molar-refractivity contribution in [1.82, 2.24) is 20.9 Å². The minimum Gasteiger partial charge on any atom is -0.459 e. The number of nitrogens with one attached hydrogen (secondary N) is 4. The van der Waals surface area contributed by atoms with Gasteiger partial charge in [0.1, 0.15) is 30.5 Å². The number of esters is 1. The number of nitro groups is 1. The highest BCUT2D eigenvalue weighted by atomic mass is 32.1. The van der Waals surface area contributed by atoms with Crippen LogP contribution in [0.15, 0.2) is 109 Å². The number of para-hydroxylation sites is 2. The third-order valence-corrected chi connectivity index (χ3v) is 8.51. The van der Waals surface area contributed by atoms with Gasteiger partial charge in [-0.3, -0.25) is 19.8 Å². The van der Waals surface area contributed by atoms with Gasteiger partial charge in [-0.05, 0) is 53.9 Å². The zero-order valence-corrected chi connectivity index (χ0v) is 28.9. The van der Waals surface area contributed by atoms with Gasteiger partial charge in [-0.15, -0.1) is 0 Å². The van der Waals surface area contributed by atoms with Crippen LogP contribution in [0.25, 0.3) is 0 Å². The number of carbonyl (C=O) groups is 4. The summed E-state index contributed by atoms with van der Waals surface area (Å²) in [4.78, 5) is 64.4. The van der Waals surface area contributed by atoms with Crippen molar-refractivity contribution in [2.45, 2.75) is 44.7 Å². The Morgan fingerprint density at radius 3 is 2.10 bits per heavy atom. The molecule has 1 aliphatic heterocycles. The van der Waals surface area contributed by atoms with E-state index in [0.29, 0.717) is 5.56 Å². The molecule has 4 aromatic carbocycles. The first-order chi connectivity index (χ1) is 25.0. The maximum absolute atomic E-state index is 13.7. The molecule has 2 atom stereocenters. The van der Waals surface area contributed by atoms with E-state index in [1.54, 1.807) is 97.9 Å². The normalized spacial score (nSPS) is 15.6. The van der Waals surface area contributed by atoms with E-state index in [1.807, 2.05) is 12.1 Å². The number of amides is 4. The average molecular weight is 725 g/mol. The molecule has 5 rings (SSSR count). The third-order valence-electron chi connectivity index (χ3n) is 8.26. The number of carbonyl (C=O) groups excluding carboxylic acids is 4. The molecule has 0 saturated carbocycles. The molecule has 0 aliphatic carbocycles. The van der Waals surface area contributed by atoms with Gasteiger partial charge in [0.15, 0.2) is 5.11 Å². The molecule has 2 unspecified atom stereocenters. The molecule has 1 heterocycles. The first-order valence-electron chi connectivity index (χ1n) is 16.2. The molecule has 15 heteroatoms. The van der Waals surface area contributed by atoms with Gasteiger partial charge in [-0.2, -0.15) is 0 Å². The van der Waals surface area contributed by atoms with Crippen molar-refractivity contribution in [2.24, 2.45) is 0 Å². The molecular weight excluding hydrogens is 689 g/mol. The Balaban J connectivity index is 1.19. The van der Waals surface area contributed by atoms with Crippen LogP contribution in [0.4, 0.5) is 21.0 Å². The number of imide groups is 1. The molecular formula is C37H36N6O8S. The number of benzene rings is 4. The molecule has 0 bridgehead atoms. The fourth-order valence-electron chi connectivity index (χ4n) is 5.38. The van der Waals surface area contributed by atoms with E-state index in [1.165, 1.54) is 6.07 Å². The Hall–Kier alpha value is -6.35. The highest BCUT2D eigenvalue weighted by Crippen LogP contribution is 2.29. The molecule has 52 heavy (non-hydrogen) atoms. The predicted octanol–water partition coefficient (Wildman–Crippen LogP) is 5.28. The summed E-state index contributed by atoms with van der Waals surface area (Å²) in [6.07, 6.45) is -0.992. The van der Waals surface area contributed by atoms with Crippen LogP contribution in [0.1, 0.15) is 35.6 Å². The molecule has 1 aliphatic rings. The lowest BCUT2D eigenvalue weighted by Gasteiger charge is -2.23. The standard InChI is InChI=1S/C37H36N6O8S/c1-37(28-18-16-25(17-19-28)22-38-34(52)39-29-14-8-9-15-31(29)43(48)49)33(45)42(35(46)41-37)21-20-30(32(44)50-23-26-10-4-2-5-11-26)40-36(47)51-24-27-12-6-3-7-13-27/h2-19,30H,20-24H2,1H3,(H,40,47)(H,41,46)(H2,38,39,52). The van der Waals surface area contributed by atoms with Crippen molar-refractivity contribution in [3.05, 3.63) is 142 Å². The lowest BCUT2D eigenvalue weighted by Crippen LogP contribution is -2.45. The number of ether oxygens (including phenoxy) is 2.